The number of ether oxygens (including phenoxy) is 1. The van der Waals surface area contributed by atoms with Gasteiger partial charge in [-0.15, -0.1) is 0 Å². The van der Waals surface area contributed by atoms with Gasteiger partial charge in [0.05, 0.1) is 11.4 Å². The van der Waals surface area contributed by atoms with E-state index in [0.717, 1.165) is 22.3 Å². The minimum atomic E-state index is -0.339. The zero-order chi connectivity index (χ0) is 21.3. The molecule has 0 radical (unpaired) electrons. The molecule has 0 amide bonds. The van der Waals surface area contributed by atoms with Crippen LogP contribution < -0.4 is 10.4 Å². The predicted octanol–water partition coefficient (Wildman–Crippen LogP) is 3.36. The van der Waals surface area contributed by atoms with Crippen LogP contribution in [0, 0.1) is 19.7 Å². The molecular formula is C22H20FN5O2. The lowest BCUT2D eigenvalue weighted by Crippen LogP contribution is -2.23. The fourth-order valence-electron chi connectivity index (χ4n) is 3.24. The number of hydrogen-bond donors (Lipinski definition) is 0. The maximum atomic E-state index is 13.4. The van der Waals surface area contributed by atoms with Gasteiger partial charge in [0.25, 0.3) is 0 Å². The number of halogens is 1. The Morgan fingerprint density at radius 1 is 1.00 bits per heavy atom. The molecule has 0 saturated carbocycles. The van der Waals surface area contributed by atoms with Crippen LogP contribution in [-0.2, 0) is 13.7 Å². The first kappa shape index (κ1) is 19.5. The molecule has 2 heterocycles. The highest BCUT2D eigenvalue weighted by atomic mass is 19.1. The van der Waals surface area contributed by atoms with E-state index in [0.29, 0.717) is 17.3 Å². The van der Waals surface area contributed by atoms with Crippen LogP contribution in [0.15, 0.2) is 59.4 Å². The Morgan fingerprint density at radius 3 is 2.53 bits per heavy atom. The van der Waals surface area contributed by atoms with Gasteiger partial charge in [-0.1, -0.05) is 18.2 Å². The maximum absolute atomic E-state index is 13.4. The van der Waals surface area contributed by atoms with Gasteiger partial charge in [-0.3, -0.25) is 0 Å². The predicted molar refractivity (Wildman–Crippen MR) is 110 cm³/mol. The summed E-state index contributed by atoms with van der Waals surface area (Å²) in [4.78, 5) is 16.8. The number of rotatable bonds is 5. The zero-order valence-corrected chi connectivity index (χ0v) is 16.8. The quantitative estimate of drug-likeness (QED) is 0.509. The number of pyridine rings is 1. The molecule has 30 heavy (non-hydrogen) atoms. The molecule has 0 N–H and O–H groups in total. The molecule has 152 valence electrons. The van der Waals surface area contributed by atoms with Gasteiger partial charge in [0.2, 0.25) is 5.88 Å². The molecule has 0 aliphatic carbocycles. The summed E-state index contributed by atoms with van der Waals surface area (Å²) in [5.41, 5.74) is 4.36. The number of nitrogens with zero attached hydrogens (tertiary/aromatic N) is 5. The van der Waals surface area contributed by atoms with Gasteiger partial charge in [0.1, 0.15) is 12.4 Å². The number of hydrogen-bond acceptors (Lipinski definition) is 5. The van der Waals surface area contributed by atoms with E-state index < -0.39 is 0 Å². The summed E-state index contributed by atoms with van der Waals surface area (Å²) in [7, 11) is 1.55. The molecule has 0 aliphatic rings. The van der Waals surface area contributed by atoms with E-state index in [9.17, 15) is 9.18 Å². The lowest BCUT2D eigenvalue weighted by Gasteiger charge is -2.13. The molecule has 0 aliphatic heterocycles. The van der Waals surface area contributed by atoms with Crippen molar-refractivity contribution in [1.82, 2.24) is 24.8 Å². The number of aryl methyl sites for hydroxylation is 3. The lowest BCUT2D eigenvalue weighted by atomic mass is 10.1. The number of aromatic nitrogens is 5. The first-order chi connectivity index (χ1) is 14.4. The van der Waals surface area contributed by atoms with Crippen molar-refractivity contribution in [2.75, 3.05) is 0 Å². The standard InChI is InChI=1S/C22H20FN5O2/c1-14-6-4-8-20(28-22(29)27(3)25-26-28)18(14)13-30-21-9-5-7-19(24-21)17-11-10-16(23)12-15(17)2/h4-12H,13H2,1-3H3. The van der Waals surface area contributed by atoms with Crippen molar-refractivity contribution in [3.05, 3.63) is 87.6 Å². The van der Waals surface area contributed by atoms with E-state index in [1.54, 1.807) is 25.2 Å². The Bertz CT molecular complexity index is 1280. The van der Waals surface area contributed by atoms with Crippen molar-refractivity contribution in [1.29, 1.82) is 0 Å². The molecule has 8 heteroatoms. The Balaban J connectivity index is 1.63. The van der Waals surface area contributed by atoms with Crippen molar-refractivity contribution in [3.63, 3.8) is 0 Å². The topological polar surface area (TPSA) is 74.8 Å². The van der Waals surface area contributed by atoms with Gasteiger partial charge in [-0.2, -0.15) is 9.36 Å². The van der Waals surface area contributed by atoms with Crippen molar-refractivity contribution < 1.29 is 9.13 Å². The highest BCUT2D eigenvalue weighted by molar-refractivity contribution is 5.63. The molecule has 7 nitrogen and oxygen atoms in total. The fourth-order valence-corrected chi connectivity index (χ4v) is 3.24. The third kappa shape index (κ3) is 3.71. The number of benzene rings is 2. The summed E-state index contributed by atoms with van der Waals surface area (Å²) in [6.45, 7) is 3.98. The monoisotopic (exact) mass is 405 g/mol. The van der Waals surface area contributed by atoms with Crippen LogP contribution >= 0.6 is 0 Å². The Morgan fingerprint density at radius 2 is 1.80 bits per heavy atom. The number of tetrazole rings is 1. The van der Waals surface area contributed by atoms with Crippen LogP contribution in [0.5, 0.6) is 5.88 Å². The van der Waals surface area contributed by atoms with Crippen molar-refractivity contribution in [2.45, 2.75) is 20.5 Å². The maximum Gasteiger partial charge on any atom is 0.368 e. The third-order valence-corrected chi connectivity index (χ3v) is 4.89. The average molecular weight is 405 g/mol. The van der Waals surface area contributed by atoms with Crippen molar-refractivity contribution in [3.8, 4) is 22.8 Å². The third-order valence-electron chi connectivity index (χ3n) is 4.89. The van der Waals surface area contributed by atoms with Gasteiger partial charge in [0, 0.05) is 24.2 Å². The lowest BCUT2D eigenvalue weighted by molar-refractivity contribution is 0.293. The molecule has 0 bridgehead atoms. The molecule has 4 aromatic rings. The molecular weight excluding hydrogens is 385 g/mol. The summed E-state index contributed by atoms with van der Waals surface area (Å²) < 4.78 is 21.8. The molecule has 0 saturated heterocycles. The van der Waals surface area contributed by atoms with E-state index >= 15 is 0 Å². The summed E-state index contributed by atoms with van der Waals surface area (Å²) >= 11 is 0. The van der Waals surface area contributed by atoms with E-state index in [2.05, 4.69) is 15.4 Å². The molecule has 0 unspecified atom stereocenters. The fraction of sp³-hybridized carbons (Fsp3) is 0.182. The molecule has 2 aromatic heterocycles. The van der Waals surface area contributed by atoms with Gasteiger partial charge in [0.15, 0.2) is 0 Å². The van der Waals surface area contributed by atoms with Gasteiger partial charge < -0.3 is 4.74 Å². The Hall–Kier alpha value is -3.81. The average Bonchev–Trinajstić information content (AvgIpc) is 3.05. The van der Waals surface area contributed by atoms with Crippen LogP contribution in [0.25, 0.3) is 16.9 Å². The van der Waals surface area contributed by atoms with E-state index in [1.165, 1.54) is 21.5 Å². The summed E-state index contributed by atoms with van der Waals surface area (Å²) in [5.74, 6) is 0.145. The smallest absolute Gasteiger partial charge is 0.368 e. The van der Waals surface area contributed by atoms with Gasteiger partial charge in [-0.05, 0) is 65.7 Å². The molecule has 0 atom stereocenters. The Labute approximate surface area is 172 Å². The first-order valence-corrected chi connectivity index (χ1v) is 9.38. The first-order valence-electron chi connectivity index (χ1n) is 9.38. The zero-order valence-electron chi connectivity index (χ0n) is 16.8. The van der Waals surface area contributed by atoms with Crippen LogP contribution in [0.2, 0.25) is 0 Å². The molecule has 0 spiro atoms. The van der Waals surface area contributed by atoms with Crippen molar-refractivity contribution >= 4 is 0 Å². The highest BCUT2D eigenvalue weighted by Gasteiger charge is 2.14. The largest absolute Gasteiger partial charge is 0.473 e. The van der Waals surface area contributed by atoms with Crippen LogP contribution in [0.3, 0.4) is 0 Å². The minimum Gasteiger partial charge on any atom is -0.473 e. The summed E-state index contributed by atoms with van der Waals surface area (Å²) in [6, 6.07) is 15.6. The van der Waals surface area contributed by atoms with Crippen molar-refractivity contribution in [2.24, 2.45) is 7.05 Å². The summed E-state index contributed by atoms with van der Waals surface area (Å²) in [5, 5.41) is 7.71. The highest BCUT2D eigenvalue weighted by Crippen LogP contribution is 2.25. The second kappa shape index (κ2) is 7.90. The second-order valence-electron chi connectivity index (χ2n) is 6.98. The SMILES string of the molecule is Cc1cc(F)ccc1-c1cccc(OCc2c(C)cccc2-n2nnn(C)c2=O)n1. The van der Waals surface area contributed by atoms with Gasteiger partial charge >= 0.3 is 5.69 Å². The van der Waals surface area contributed by atoms with Crippen LogP contribution in [-0.4, -0.2) is 24.8 Å². The Kier molecular flexibility index (Phi) is 5.14. The second-order valence-corrected chi connectivity index (χ2v) is 6.98. The van der Waals surface area contributed by atoms with Crippen LogP contribution in [0.4, 0.5) is 4.39 Å². The normalized spacial score (nSPS) is 10.9. The molecule has 4 rings (SSSR count). The van der Waals surface area contributed by atoms with E-state index in [-0.39, 0.29) is 18.1 Å². The molecule has 0 fully saturated rings. The van der Waals surface area contributed by atoms with Gasteiger partial charge in [-0.25, -0.2) is 14.2 Å². The minimum absolute atomic E-state index is 0.198. The van der Waals surface area contributed by atoms with Crippen LogP contribution in [0.1, 0.15) is 16.7 Å². The van der Waals surface area contributed by atoms with E-state index in [4.69, 9.17) is 4.74 Å². The molecule has 2 aromatic carbocycles. The van der Waals surface area contributed by atoms with E-state index in [1.807, 2.05) is 38.1 Å². The summed E-state index contributed by atoms with van der Waals surface area (Å²) in [6.07, 6.45) is 0.